The van der Waals surface area contributed by atoms with E-state index in [9.17, 15) is 9.59 Å². The molecule has 1 N–H and O–H groups in total. The Morgan fingerprint density at radius 2 is 1.68 bits per heavy atom. The van der Waals surface area contributed by atoms with E-state index in [1.165, 1.54) is 0 Å². The first-order valence-corrected chi connectivity index (χ1v) is 13.4. The molecule has 7 nitrogen and oxygen atoms in total. The topological polar surface area (TPSA) is 73.9 Å². The molecule has 0 aromatic heterocycles. The van der Waals surface area contributed by atoms with E-state index in [1.54, 1.807) is 6.07 Å². The molecule has 3 unspecified atom stereocenters. The minimum Gasteiger partial charge on any atom is -0.486 e. The Morgan fingerprint density at radius 1 is 0.947 bits per heavy atom. The SMILES string of the molecule is O=C(C[N+]12CCC3C(C1)[C@@]3(OC(=O)[C@H](Nc1ccccc1)c1ccccc1)C2)c1ccc2c(c1)OCCO2. The van der Waals surface area contributed by atoms with Gasteiger partial charge in [-0.3, -0.25) is 4.79 Å². The van der Waals surface area contributed by atoms with Crippen molar-refractivity contribution in [2.75, 3.05) is 44.7 Å². The number of esters is 1. The van der Waals surface area contributed by atoms with Gasteiger partial charge in [-0.2, -0.15) is 0 Å². The number of carbonyl (C=O) groups excluding carboxylic acids is 2. The van der Waals surface area contributed by atoms with Crippen LogP contribution in [-0.2, 0) is 9.53 Å². The molecule has 7 heteroatoms. The summed E-state index contributed by atoms with van der Waals surface area (Å²) in [5.41, 5.74) is 1.92. The van der Waals surface area contributed by atoms with Gasteiger partial charge in [-0.25, -0.2) is 4.79 Å². The maximum atomic E-state index is 13.7. The van der Waals surface area contributed by atoms with Gasteiger partial charge >= 0.3 is 5.97 Å². The number of hydrogen-bond donors (Lipinski definition) is 1. The van der Waals surface area contributed by atoms with Crippen molar-refractivity contribution in [1.29, 1.82) is 0 Å². The van der Waals surface area contributed by atoms with Crippen LogP contribution in [0.3, 0.4) is 0 Å². The monoisotopic (exact) mass is 511 g/mol. The summed E-state index contributed by atoms with van der Waals surface area (Å²) in [6, 6.07) is 24.3. The van der Waals surface area contributed by atoms with Crippen molar-refractivity contribution in [3.05, 3.63) is 90.0 Å². The Bertz CT molecular complexity index is 1380. The predicted molar refractivity (Wildman–Crippen MR) is 141 cm³/mol. The summed E-state index contributed by atoms with van der Waals surface area (Å²) in [4.78, 5) is 27.1. The molecular weight excluding hydrogens is 480 g/mol. The number of para-hydroxylation sites is 1. The van der Waals surface area contributed by atoms with Crippen LogP contribution in [0.15, 0.2) is 78.9 Å². The molecule has 8 rings (SSSR count). The minimum atomic E-state index is -0.601. The van der Waals surface area contributed by atoms with E-state index in [0.717, 1.165) is 30.8 Å². The van der Waals surface area contributed by atoms with Crippen molar-refractivity contribution in [2.45, 2.75) is 18.1 Å². The molecule has 3 aromatic rings. The van der Waals surface area contributed by atoms with E-state index in [0.29, 0.717) is 59.7 Å². The zero-order valence-electron chi connectivity index (χ0n) is 21.2. The van der Waals surface area contributed by atoms with E-state index >= 15 is 0 Å². The van der Waals surface area contributed by atoms with E-state index in [2.05, 4.69) is 5.32 Å². The van der Waals surface area contributed by atoms with Gasteiger partial charge in [0.1, 0.15) is 26.3 Å². The molecule has 5 atom stereocenters. The number of nitrogens with zero attached hydrogens (tertiary/aromatic N) is 1. The van der Waals surface area contributed by atoms with Gasteiger partial charge in [0.05, 0.1) is 19.0 Å². The molecule has 4 bridgehead atoms. The smallest absolute Gasteiger partial charge is 0.334 e. The van der Waals surface area contributed by atoms with Crippen LogP contribution in [0.1, 0.15) is 28.4 Å². The number of benzene rings is 3. The molecule has 1 saturated carbocycles. The van der Waals surface area contributed by atoms with Gasteiger partial charge in [0, 0.05) is 23.6 Å². The number of ketones is 1. The van der Waals surface area contributed by atoms with Crippen LogP contribution in [0.25, 0.3) is 0 Å². The molecule has 0 spiro atoms. The van der Waals surface area contributed by atoms with Crippen molar-refractivity contribution in [2.24, 2.45) is 11.8 Å². The highest BCUT2D eigenvalue weighted by atomic mass is 16.6. The van der Waals surface area contributed by atoms with E-state index in [4.69, 9.17) is 14.2 Å². The lowest BCUT2D eigenvalue weighted by Crippen LogP contribution is -2.57. The summed E-state index contributed by atoms with van der Waals surface area (Å²) in [7, 11) is 0. The van der Waals surface area contributed by atoms with Gasteiger partial charge in [-0.15, -0.1) is 0 Å². The molecule has 0 amide bonds. The summed E-state index contributed by atoms with van der Waals surface area (Å²) < 4.78 is 18.4. The number of anilines is 1. The maximum absolute atomic E-state index is 13.7. The molecule has 5 aliphatic rings. The van der Waals surface area contributed by atoms with Crippen molar-refractivity contribution in [3.8, 4) is 11.5 Å². The minimum absolute atomic E-state index is 0.0936. The lowest BCUT2D eigenvalue weighted by Gasteiger charge is -2.41. The lowest BCUT2D eigenvalue weighted by molar-refractivity contribution is -0.922. The van der Waals surface area contributed by atoms with Crippen molar-refractivity contribution < 1.29 is 28.3 Å². The number of rotatable bonds is 8. The number of carbonyl (C=O) groups is 2. The second-order valence-corrected chi connectivity index (χ2v) is 11.1. The first-order valence-electron chi connectivity index (χ1n) is 13.4. The van der Waals surface area contributed by atoms with E-state index in [-0.39, 0.29) is 11.8 Å². The van der Waals surface area contributed by atoms with Gasteiger partial charge in [-0.1, -0.05) is 48.5 Å². The van der Waals surface area contributed by atoms with Crippen LogP contribution < -0.4 is 14.8 Å². The average molecular weight is 512 g/mol. The molecule has 0 radical (unpaired) electrons. The van der Waals surface area contributed by atoms with Crippen molar-refractivity contribution in [1.82, 2.24) is 0 Å². The lowest BCUT2D eigenvalue weighted by atomic mass is 10.0. The molecule has 1 aliphatic carbocycles. The first-order chi connectivity index (χ1) is 18.6. The molecule has 38 heavy (non-hydrogen) atoms. The highest BCUT2D eigenvalue weighted by molar-refractivity contribution is 5.97. The highest BCUT2D eigenvalue weighted by Gasteiger charge is 2.81. The molecule has 4 heterocycles. The normalized spacial score (nSPS) is 28.7. The van der Waals surface area contributed by atoms with Crippen LogP contribution >= 0.6 is 0 Å². The molecule has 4 aliphatic heterocycles. The molecule has 3 saturated heterocycles. The average Bonchev–Trinajstić information content (AvgIpc) is 3.45. The maximum Gasteiger partial charge on any atom is 0.334 e. The number of fused-ring (bicyclic) bond motifs is 2. The first kappa shape index (κ1) is 23.3. The van der Waals surface area contributed by atoms with Gasteiger partial charge < -0.3 is 24.0 Å². The summed E-state index contributed by atoms with van der Waals surface area (Å²) in [6.45, 7) is 3.96. The fourth-order valence-corrected chi connectivity index (χ4v) is 6.99. The standard InChI is InChI=1S/C31H31N2O5/c34-26(22-11-12-27-28(17-22)37-16-15-36-27)19-33-14-13-24-25(18-33)31(24,20-33)38-30(35)29(21-7-3-1-4-8-21)32-23-9-5-2-6-10-23/h1-12,17,24-25,29,32H,13-16,18-20H2/q+1/t24?,25?,29-,31-,33?/m1/s1. The molecule has 4 fully saturated rings. The molecule has 194 valence electrons. The third-order valence-electron chi connectivity index (χ3n) is 8.80. The number of ether oxygens (including phenoxy) is 3. The van der Waals surface area contributed by atoms with E-state index in [1.807, 2.05) is 72.8 Å². The zero-order valence-corrected chi connectivity index (χ0v) is 21.2. The molecular formula is C31H31N2O5+. The Morgan fingerprint density at radius 3 is 2.47 bits per heavy atom. The Balaban J connectivity index is 1.08. The van der Waals surface area contributed by atoms with Crippen LogP contribution in [-0.4, -0.2) is 61.2 Å². The summed E-state index contributed by atoms with van der Waals surface area (Å²) in [5.74, 6) is 1.87. The van der Waals surface area contributed by atoms with Gasteiger partial charge in [-0.05, 0) is 35.9 Å². The second kappa shape index (κ2) is 8.88. The Labute approximate surface area is 221 Å². The van der Waals surface area contributed by atoms with Crippen LogP contribution in [0.2, 0.25) is 0 Å². The fourth-order valence-electron chi connectivity index (χ4n) is 6.99. The zero-order chi connectivity index (χ0) is 25.7. The number of Topliss-reactive ketones (excluding diaryl/α,β-unsaturated/α-hetero) is 1. The fraction of sp³-hybridized carbons (Fsp3) is 0.355. The van der Waals surface area contributed by atoms with Crippen LogP contribution in [0.5, 0.6) is 11.5 Å². The summed E-state index contributed by atoms with van der Waals surface area (Å²) >= 11 is 0. The van der Waals surface area contributed by atoms with Gasteiger partial charge in [0.25, 0.3) is 0 Å². The van der Waals surface area contributed by atoms with Crippen LogP contribution in [0, 0.1) is 11.8 Å². The van der Waals surface area contributed by atoms with Gasteiger partial charge in [0.15, 0.2) is 23.1 Å². The second-order valence-electron chi connectivity index (χ2n) is 11.1. The third kappa shape index (κ3) is 3.93. The van der Waals surface area contributed by atoms with Crippen LogP contribution in [0.4, 0.5) is 5.69 Å². The Kier molecular flexibility index (Phi) is 5.44. The number of nitrogens with one attached hydrogen (secondary N) is 1. The number of hydrogen-bond acceptors (Lipinski definition) is 6. The largest absolute Gasteiger partial charge is 0.486 e. The van der Waals surface area contributed by atoms with Crippen molar-refractivity contribution in [3.63, 3.8) is 0 Å². The summed E-state index contributed by atoms with van der Waals surface area (Å²) in [6.07, 6.45) is 0.981. The Hall–Kier alpha value is -3.84. The van der Waals surface area contributed by atoms with E-state index < -0.39 is 11.6 Å². The number of quaternary nitrogens is 1. The predicted octanol–water partition coefficient (Wildman–Crippen LogP) is 4.26. The molecule has 3 aromatic carbocycles. The third-order valence-corrected chi connectivity index (χ3v) is 8.80. The van der Waals surface area contributed by atoms with Crippen molar-refractivity contribution >= 4 is 17.4 Å². The quantitative estimate of drug-likeness (QED) is 0.277. The highest BCUT2D eigenvalue weighted by Crippen LogP contribution is 2.65. The van der Waals surface area contributed by atoms with Gasteiger partial charge in [0.2, 0.25) is 5.78 Å². The summed E-state index contributed by atoms with van der Waals surface area (Å²) in [5, 5.41) is 3.38. The number of piperidine rings is 3.